The van der Waals surface area contributed by atoms with Gasteiger partial charge in [0.05, 0.1) is 13.2 Å². The number of aliphatic imine (C=N–C) groups is 1. The highest BCUT2D eigenvalue weighted by Gasteiger charge is 2.34. The molecule has 0 aromatic heterocycles. The highest BCUT2D eigenvalue weighted by atomic mass is 32.2. The van der Waals surface area contributed by atoms with Crippen LogP contribution in [0.2, 0.25) is 0 Å². The van der Waals surface area contributed by atoms with Crippen LogP contribution in [0.3, 0.4) is 0 Å². The molecule has 0 amide bonds. The molecule has 5 nitrogen and oxygen atoms in total. The van der Waals surface area contributed by atoms with E-state index in [-0.39, 0.29) is 0 Å². The van der Waals surface area contributed by atoms with Crippen LogP contribution in [0.15, 0.2) is 4.99 Å². The maximum absolute atomic E-state index is 12.8. The van der Waals surface area contributed by atoms with Crippen molar-refractivity contribution in [2.24, 2.45) is 4.99 Å². The van der Waals surface area contributed by atoms with Gasteiger partial charge in [0, 0.05) is 13.6 Å². The first-order valence-electron chi connectivity index (χ1n) is 6.27. The molecule has 0 bridgehead atoms. The van der Waals surface area contributed by atoms with Crippen molar-refractivity contribution >= 4 is 24.7 Å². The maximum atomic E-state index is 12.8. The Bertz CT molecular complexity index is 288. The third-order valence-corrected chi connectivity index (χ3v) is 5.09. The molecule has 0 N–H and O–H groups in total. The molecule has 108 valence electrons. The molecule has 0 aliphatic heterocycles. The molecule has 0 spiro atoms. The number of hydrogen-bond donors (Lipinski definition) is 0. The van der Waals surface area contributed by atoms with E-state index >= 15 is 0 Å². The third-order valence-electron chi connectivity index (χ3n) is 2.11. The van der Waals surface area contributed by atoms with Gasteiger partial charge in [0.15, 0.2) is 5.17 Å². The Morgan fingerprint density at radius 3 is 2.00 bits per heavy atom. The van der Waals surface area contributed by atoms with Crippen LogP contribution in [0.1, 0.15) is 33.6 Å². The van der Waals surface area contributed by atoms with Gasteiger partial charge >= 0.3 is 7.75 Å². The van der Waals surface area contributed by atoms with Gasteiger partial charge in [0.25, 0.3) is 0 Å². The Hall–Kier alpha value is -0.0300. The van der Waals surface area contributed by atoms with E-state index in [4.69, 9.17) is 9.05 Å². The molecule has 0 unspecified atom stereocenters. The molecule has 0 atom stereocenters. The van der Waals surface area contributed by atoms with Gasteiger partial charge in [-0.3, -0.25) is 18.7 Å². The molecular formula is C11H25N2O3PS. The summed E-state index contributed by atoms with van der Waals surface area (Å²) in [7, 11) is -1.59. The Labute approximate surface area is 115 Å². The lowest BCUT2D eigenvalue weighted by atomic mass is 10.5. The van der Waals surface area contributed by atoms with E-state index in [0.717, 1.165) is 12.8 Å². The predicted molar refractivity (Wildman–Crippen MR) is 79.3 cm³/mol. The lowest BCUT2D eigenvalue weighted by molar-refractivity contribution is 0.177. The molecule has 0 aliphatic carbocycles. The van der Waals surface area contributed by atoms with Crippen LogP contribution in [-0.4, -0.2) is 42.9 Å². The molecule has 0 aromatic rings. The Morgan fingerprint density at radius 1 is 1.22 bits per heavy atom. The number of nitrogens with zero attached hydrogens (tertiary/aromatic N) is 2. The van der Waals surface area contributed by atoms with Crippen LogP contribution in [0.25, 0.3) is 0 Å². The van der Waals surface area contributed by atoms with E-state index in [9.17, 15) is 4.57 Å². The van der Waals surface area contributed by atoms with Gasteiger partial charge in [0.1, 0.15) is 0 Å². The molecule has 0 heterocycles. The maximum Gasteiger partial charge on any atom is 0.436 e. The second kappa shape index (κ2) is 9.84. The summed E-state index contributed by atoms with van der Waals surface area (Å²) in [5.41, 5.74) is 0. The van der Waals surface area contributed by atoms with Crippen molar-refractivity contribution in [1.82, 2.24) is 4.67 Å². The third kappa shape index (κ3) is 5.31. The second-order valence-electron chi connectivity index (χ2n) is 3.56. The molecule has 7 heteroatoms. The topological polar surface area (TPSA) is 51.1 Å². The molecule has 18 heavy (non-hydrogen) atoms. The Morgan fingerprint density at radius 2 is 1.72 bits per heavy atom. The molecule has 0 aromatic carbocycles. The van der Waals surface area contributed by atoms with E-state index in [1.165, 1.54) is 11.8 Å². The van der Waals surface area contributed by atoms with E-state index in [0.29, 0.717) is 24.9 Å². The SMILES string of the molecule is CCCOP(=O)(OCCC)N(CC)C(=NC)SC. The minimum Gasteiger partial charge on any atom is -0.292 e. The largest absolute Gasteiger partial charge is 0.436 e. The lowest BCUT2D eigenvalue weighted by Crippen LogP contribution is -2.28. The monoisotopic (exact) mass is 296 g/mol. The molecular weight excluding hydrogens is 271 g/mol. The summed E-state index contributed by atoms with van der Waals surface area (Å²) in [5, 5.41) is 0.674. The van der Waals surface area contributed by atoms with Gasteiger partial charge in [-0.2, -0.15) is 0 Å². The highest BCUT2D eigenvalue weighted by Crippen LogP contribution is 2.53. The second-order valence-corrected chi connectivity index (χ2v) is 6.27. The molecule has 0 saturated heterocycles. The van der Waals surface area contributed by atoms with Crippen molar-refractivity contribution in [3.8, 4) is 0 Å². The minimum atomic E-state index is -3.27. The first-order chi connectivity index (χ1) is 8.59. The number of amidine groups is 1. The van der Waals surface area contributed by atoms with Crippen LogP contribution in [0.5, 0.6) is 0 Å². The van der Waals surface area contributed by atoms with Crippen molar-refractivity contribution in [2.75, 3.05) is 33.1 Å². The van der Waals surface area contributed by atoms with Gasteiger partial charge in [-0.05, 0) is 26.0 Å². The fourth-order valence-corrected chi connectivity index (χ4v) is 4.21. The minimum absolute atomic E-state index is 0.420. The first kappa shape index (κ1) is 18.0. The molecule has 0 radical (unpaired) electrons. The predicted octanol–water partition coefficient (Wildman–Crippen LogP) is 3.62. The van der Waals surface area contributed by atoms with Crippen molar-refractivity contribution in [3.05, 3.63) is 0 Å². The van der Waals surface area contributed by atoms with Crippen LogP contribution in [0, 0.1) is 0 Å². The van der Waals surface area contributed by atoms with Gasteiger partial charge in [0.2, 0.25) is 0 Å². The average molecular weight is 296 g/mol. The standard InChI is InChI=1S/C11H25N2O3PS/c1-6-9-15-17(14,16-10-7-2)13(8-3)11(12-4)18-5/h6-10H2,1-5H3. The average Bonchev–Trinajstić information content (AvgIpc) is 2.40. The summed E-state index contributed by atoms with van der Waals surface area (Å²) in [4.78, 5) is 4.13. The molecule has 0 aliphatic rings. The van der Waals surface area contributed by atoms with E-state index in [1.807, 2.05) is 27.0 Å². The van der Waals surface area contributed by atoms with Gasteiger partial charge < -0.3 is 0 Å². The summed E-state index contributed by atoms with van der Waals surface area (Å²) < 4.78 is 25.4. The summed E-state index contributed by atoms with van der Waals surface area (Å²) in [6.45, 7) is 7.25. The van der Waals surface area contributed by atoms with Crippen molar-refractivity contribution in [2.45, 2.75) is 33.6 Å². The fraction of sp³-hybridized carbons (Fsp3) is 0.909. The van der Waals surface area contributed by atoms with Crippen LogP contribution in [-0.2, 0) is 13.6 Å². The lowest BCUT2D eigenvalue weighted by Gasteiger charge is -2.30. The zero-order valence-electron chi connectivity index (χ0n) is 12.0. The number of thioether (sulfide) groups is 1. The van der Waals surface area contributed by atoms with Crippen LogP contribution in [0.4, 0.5) is 0 Å². The summed E-state index contributed by atoms with van der Waals surface area (Å²) in [6.07, 6.45) is 3.50. The zero-order chi connectivity index (χ0) is 14.0. The Kier molecular flexibility index (Phi) is 9.83. The zero-order valence-corrected chi connectivity index (χ0v) is 13.7. The van der Waals surface area contributed by atoms with Gasteiger partial charge in [-0.15, -0.1) is 0 Å². The van der Waals surface area contributed by atoms with Crippen LogP contribution < -0.4 is 0 Å². The normalized spacial score (nSPS) is 12.8. The smallest absolute Gasteiger partial charge is 0.292 e. The first-order valence-corrected chi connectivity index (χ1v) is 8.99. The van der Waals surface area contributed by atoms with Crippen molar-refractivity contribution in [1.29, 1.82) is 0 Å². The summed E-state index contributed by atoms with van der Waals surface area (Å²) in [5.74, 6) is 0. The van der Waals surface area contributed by atoms with E-state index in [2.05, 4.69) is 4.99 Å². The number of hydrogen-bond acceptors (Lipinski definition) is 5. The molecule has 0 rings (SSSR count). The van der Waals surface area contributed by atoms with E-state index in [1.54, 1.807) is 11.7 Å². The van der Waals surface area contributed by atoms with Gasteiger partial charge in [-0.25, -0.2) is 4.57 Å². The number of rotatable bonds is 8. The van der Waals surface area contributed by atoms with E-state index < -0.39 is 7.75 Å². The summed E-state index contributed by atoms with van der Waals surface area (Å²) >= 11 is 1.44. The molecule has 0 saturated carbocycles. The van der Waals surface area contributed by atoms with Crippen molar-refractivity contribution in [3.63, 3.8) is 0 Å². The Balaban J connectivity index is 5.04. The summed E-state index contributed by atoms with van der Waals surface area (Å²) in [6, 6.07) is 0. The van der Waals surface area contributed by atoms with Crippen molar-refractivity contribution < 1.29 is 13.6 Å². The van der Waals surface area contributed by atoms with Gasteiger partial charge in [-0.1, -0.05) is 25.6 Å². The molecule has 0 fully saturated rings. The van der Waals surface area contributed by atoms with Crippen LogP contribution >= 0.6 is 19.5 Å². The quantitative estimate of drug-likeness (QED) is 0.389. The fourth-order valence-electron chi connectivity index (χ4n) is 1.32. The highest BCUT2D eigenvalue weighted by molar-refractivity contribution is 8.13.